The lowest BCUT2D eigenvalue weighted by atomic mass is 9.97. The first-order valence-electron chi connectivity index (χ1n) is 6.16. The van der Waals surface area contributed by atoms with E-state index in [0.717, 1.165) is 5.69 Å². The van der Waals surface area contributed by atoms with E-state index in [9.17, 15) is 0 Å². The molecule has 1 atom stereocenters. The van der Waals surface area contributed by atoms with Crippen LogP contribution in [0.1, 0.15) is 32.0 Å². The second kappa shape index (κ2) is 7.21. The van der Waals surface area contributed by atoms with Crippen molar-refractivity contribution < 1.29 is 9.47 Å². The summed E-state index contributed by atoms with van der Waals surface area (Å²) in [5, 5.41) is 4.84. The number of nitrogens with one attached hydrogen (secondary N) is 1. The second-order valence-corrected chi connectivity index (χ2v) is 5.39. The Labute approximate surface area is 119 Å². The molecule has 1 unspecified atom stereocenters. The van der Waals surface area contributed by atoms with E-state index < -0.39 is 0 Å². The molecule has 0 fully saturated rings. The summed E-state index contributed by atoms with van der Waals surface area (Å²) in [6, 6.07) is -0.137. The number of halogens is 1. The Balaban J connectivity index is 2.94. The molecule has 0 radical (unpaired) electrons. The van der Waals surface area contributed by atoms with Crippen molar-refractivity contribution in [2.45, 2.75) is 38.5 Å². The van der Waals surface area contributed by atoms with Crippen LogP contribution in [-0.4, -0.2) is 36.2 Å². The maximum absolute atomic E-state index is 6.21. The molecular formula is C12H23ClN4O2. The molecule has 7 heteroatoms. The normalized spacial score (nSPS) is 13.8. The molecule has 1 heterocycles. The Hall–Kier alpha value is -0.660. The molecule has 0 aliphatic carbocycles. The maximum Gasteiger partial charge on any atom is 0.0834 e. The zero-order chi connectivity index (χ0) is 14.5. The van der Waals surface area contributed by atoms with Crippen LogP contribution < -0.4 is 11.3 Å². The molecule has 0 aliphatic rings. The van der Waals surface area contributed by atoms with Gasteiger partial charge in [0.25, 0.3) is 0 Å². The third-order valence-electron chi connectivity index (χ3n) is 3.12. The van der Waals surface area contributed by atoms with E-state index in [2.05, 4.69) is 10.5 Å². The maximum atomic E-state index is 6.21. The average molecular weight is 291 g/mol. The van der Waals surface area contributed by atoms with E-state index in [1.54, 1.807) is 20.4 Å². The first-order valence-corrected chi connectivity index (χ1v) is 6.54. The number of aromatic nitrogens is 2. The van der Waals surface area contributed by atoms with Gasteiger partial charge in [0, 0.05) is 14.2 Å². The van der Waals surface area contributed by atoms with Crippen molar-refractivity contribution in [1.82, 2.24) is 15.2 Å². The monoisotopic (exact) mass is 290 g/mol. The van der Waals surface area contributed by atoms with Gasteiger partial charge < -0.3 is 9.47 Å². The van der Waals surface area contributed by atoms with E-state index in [1.807, 2.05) is 18.5 Å². The van der Waals surface area contributed by atoms with Crippen molar-refractivity contribution in [3.05, 3.63) is 16.9 Å². The average Bonchev–Trinajstić information content (AvgIpc) is 2.75. The summed E-state index contributed by atoms with van der Waals surface area (Å²) in [7, 11) is 3.33. The molecule has 0 spiro atoms. The van der Waals surface area contributed by atoms with Crippen LogP contribution in [0.15, 0.2) is 6.20 Å². The first kappa shape index (κ1) is 16.4. The van der Waals surface area contributed by atoms with Gasteiger partial charge in [0.2, 0.25) is 0 Å². The minimum absolute atomic E-state index is 0.137. The quantitative estimate of drug-likeness (QED) is 0.561. The van der Waals surface area contributed by atoms with Crippen molar-refractivity contribution in [2.24, 2.45) is 5.84 Å². The van der Waals surface area contributed by atoms with Gasteiger partial charge in [-0.2, -0.15) is 5.10 Å². The molecule has 0 saturated carbocycles. The molecule has 0 bridgehead atoms. The van der Waals surface area contributed by atoms with Crippen LogP contribution in [0, 0.1) is 0 Å². The fourth-order valence-corrected chi connectivity index (χ4v) is 2.16. The van der Waals surface area contributed by atoms with Crippen molar-refractivity contribution in [1.29, 1.82) is 0 Å². The van der Waals surface area contributed by atoms with Gasteiger partial charge in [-0.3, -0.25) is 16.0 Å². The molecule has 0 amide bonds. The molecule has 1 rings (SSSR count). The lowest BCUT2D eigenvalue weighted by Crippen LogP contribution is -2.37. The minimum atomic E-state index is -0.309. The van der Waals surface area contributed by atoms with E-state index in [0.29, 0.717) is 24.6 Å². The third-order valence-corrected chi connectivity index (χ3v) is 3.41. The van der Waals surface area contributed by atoms with E-state index in [1.165, 1.54) is 0 Å². The van der Waals surface area contributed by atoms with E-state index in [4.69, 9.17) is 26.9 Å². The number of nitrogens with zero attached hydrogens (tertiary/aromatic N) is 2. The zero-order valence-electron chi connectivity index (χ0n) is 11.9. The zero-order valence-corrected chi connectivity index (χ0v) is 12.7. The van der Waals surface area contributed by atoms with Crippen LogP contribution in [0.3, 0.4) is 0 Å². The number of ether oxygens (including phenoxy) is 2. The predicted molar refractivity (Wildman–Crippen MR) is 74.9 cm³/mol. The fourth-order valence-electron chi connectivity index (χ4n) is 1.88. The summed E-state index contributed by atoms with van der Waals surface area (Å²) in [5.41, 5.74) is 3.33. The highest BCUT2D eigenvalue weighted by Crippen LogP contribution is 2.29. The fraction of sp³-hybridized carbons (Fsp3) is 0.750. The second-order valence-electron chi connectivity index (χ2n) is 4.98. The molecule has 0 aromatic carbocycles. The van der Waals surface area contributed by atoms with Crippen LogP contribution in [0.25, 0.3) is 0 Å². The molecule has 19 heavy (non-hydrogen) atoms. The van der Waals surface area contributed by atoms with Crippen LogP contribution >= 0.6 is 11.6 Å². The summed E-state index contributed by atoms with van der Waals surface area (Å²) in [5.74, 6) is 5.66. The summed E-state index contributed by atoms with van der Waals surface area (Å²) < 4.78 is 12.3. The molecule has 6 nitrogen and oxygen atoms in total. The van der Waals surface area contributed by atoms with Crippen LogP contribution in [-0.2, 0) is 16.0 Å². The van der Waals surface area contributed by atoms with Gasteiger partial charge >= 0.3 is 0 Å². The number of rotatable bonds is 8. The molecule has 110 valence electrons. The van der Waals surface area contributed by atoms with Gasteiger partial charge in [0.05, 0.1) is 41.7 Å². The molecule has 0 aliphatic heterocycles. The molecule has 0 saturated heterocycles. The minimum Gasteiger partial charge on any atom is -0.383 e. The van der Waals surface area contributed by atoms with Gasteiger partial charge in [-0.15, -0.1) is 0 Å². The lowest BCUT2D eigenvalue weighted by molar-refractivity contribution is 0.00601. The Kier molecular flexibility index (Phi) is 6.22. The largest absolute Gasteiger partial charge is 0.383 e. The molecule has 1 aromatic heterocycles. The Bertz CT molecular complexity index is 395. The van der Waals surface area contributed by atoms with Gasteiger partial charge in [0.15, 0.2) is 0 Å². The summed E-state index contributed by atoms with van der Waals surface area (Å²) >= 11 is 6.21. The van der Waals surface area contributed by atoms with Crippen molar-refractivity contribution in [3.63, 3.8) is 0 Å². The number of hydrogen-bond acceptors (Lipinski definition) is 5. The highest BCUT2D eigenvalue weighted by Gasteiger charge is 2.27. The van der Waals surface area contributed by atoms with Crippen molar-refractivity contribution in [3.8, 4) is 0 Å². The van der Waals surface area contributed by atoms with Crippen LogP contribution in [0.2, 0.25) is 5.02 Å². The Morgan fingerprint density at radius 1 is 1.53 bits per heavy atom. The summed E-state index contributed by atoms with van der Waals surface area (Å²) in [6.45, 7) is 5.20. The van der Waals surface area contributed by atoms with Gasteiger partial charge in [-0.1, -0.05) is 11.6 Å². The molecule has 1 aromatic rings. The molecular weight excluding hydrogens is 268 g/mol. The summed E-state index contributed by atoms with van der Waals surface area (Å²) in [4.78, 5) is 0. The first-order chi connectivity index (χ1) is 8.95. The standard InChI is InChI=1S/C12H23ClN4O2/c1-12(2,19-4)7-10(16-14)11-9(13)8-15-17(11)5-6-18-3/h8,10,16H,5-7,14H2,1-4H3. The Morgan fingerprint density at radius 3 is 2.74 bits per heavy atom. The number of hydrazine groups is 1. The third kappa shape index (κ3) is 4.43. The number of nitrogens with two attached hydrogens (primary N) is 1. The van der Waals surface area contributed by atoms with E-state index >= 15 is 0 Å². The topological polar surface area (TPSA) is 74.3 Å². The predicted octanol–water partition coefficient (Wildman–Crippen LogP) is 1.50. The van der Waals surface area contributed by atoms with Crippen molar-refractivity contribution in [2.75, 3.05) is 20.8 Å². The van der Waals surface area contributed by atoms with Crippen LogP contribution in [0.4, 0.5) is 0 Å². The SMILES string of the molecule is COCCn1ncc(Cl)c1C(CC(C)(C)OC)NN. The van der Waals surface area contributed by atoms with Gasteiger partial charge in [-0.05, 0) is 20.3 Å². The number of methoxy groups -OCH3 is 2. The summed E-state index contributed by atoms with van der Waals surface area (Å²) in [6.07, 6.45) is 2.30. The van der Waals surface area contributed by atoms with Crippen molar-refractivity contribution >= 4 is 11.6 Å². The highest BCUT2D eigenvalue weighted by atomic mass is 35.5. The van der Waals surface area contributed by atoms with Gasteiger partial charge in [-0.25, -0.2) is 0 Å². The molecule has 3 N–H and O–H groups in total. The highest BCUT2D eigenvalue weighted by molar-refractivity contribution is 6.31. The smallest absolute Gasteiger partial charge is 0.0834 e. The number of hydrogen-bond donors (Lipinski definition) is 2. The van der Waals surface area contributed by atoms with Crippen LogP contribution in [0.5, 0.6) is 0 Å². The lowest BCUT2D eigenvalue weighted by Gasteiger charge is -2.28. The van der Waals surface area contributed by atoms with Gasteiger partial charge in [0.1, 0.15) is 0 Å². The Morgan fingerprint density at radius 2 is 2.21 bits per heavy atom. The van der Waals surface area contributed by atoms with E-state index in [-0.39, 0.29) is 11.6 Å².